The molecule has 90 valence electrons. The van der Waals surface area contributed by atoms with Crippen LogP contribution in [0.5, 0.6) is 0 Å². The number of hydrogen-bond donors (Lipinski definition) is 3. The summed E-state index contributed by atoms with van der Waals surface area (Å²) in [6.45, 7) is 5.16. The number of hydrogen-bond acceptors (Lipinski definition) is 3. The highest BCUT2D eigenvalue weighted by atomic mass is 16.3. The lowest BCUT2D eigenvalue weighted by molar-refractivity contribution is 0.231. The van der Waals surface area contributed by atoms with Crippen LogP contribution >= 0.6 is 0 Å². The highest BCUT2D eigenvalue weighted by Gasteiger charge is 2.07. The van der Waals surface area contributed by atoms with E-state index in [4.69, 9.17) is 10.2 Å². The molecular formula is C13H21NO2. The van der Waals surface area contributed by atoms with Crippen molar-refractivity contribution in [2.75, 3.05) is 13.2 Å². The van der Waals surface area contributed by atoms with Crippen molar-refractivity contribution < 1.29 is 10.2 Å². The van der Waals surface area contributed by atoms with Gasteiger partial charge in [-0.3, -0.25) is 0 Å². The molecule has 3 N–H and O–H groups in total. The minimum absolute atomic E-state index is 0.0770. The predicted molar refractivity (Wildman–Crippen MR) is 65.0 cm³/mol. The van der Waals surface area contributed by atoms with Crippen LogP contribution in [0.4, 0.5) is 0 Å². The molecule has 2 unspecified atom stereocenters. The van der Waals surface area contributed by atoms with Gasteiger partial charge in [0.05, 0.1) is 6.61 Å². The molecular weight excluding hydrogens is 202 g/mol. The van der Waals surface area contributed by atoms with Gasteiger partial charge >= 0.3 is 0 Å². The fourth-order valence-electron chi connectivity index (χ4n) is 1.52. The normalized spacial score (nSPS) is 14.8. The zero-order valence-electron chi connectivity index (χ0n) is 9.98. The third kappa shape index (κ3) is 3.93. The molecule has 0 aromatic heterocycles. The molecule has 16 heavy (non-hydrogen) atoms. The Morgan fingerprint density at radius 1 is 1.25 bits per heavy atom. The first-order valence-corrected chi connectivity index (χ1v) is 5.71. The van der Waals surface area contributed by atoms with Gasteiger partial charge in [0.15, 0.2) is 0 Å². The Kier molecular flexibility index (Phi) is 5.46. The van der Waals surface area contributed by atoms with Crippen LogP contribution in [-0.4, -0.2) is 23.4 Å². The van der Waals surface area contributed by atoms with Gasteiger partial charge in [-0.25, -0.2) is 0 Å². The maximum atomic E-state index is 9.05. The van der Waals surface area contributed by atoms with Crippen molar-refractivity contribution in [2.24, 2.45) is 5.92 Å². The maximum Gasteiger partial charge on any atom is 0.0681 e. The van der Waals surface area contributed by atoms with Crippen LogP contribution in [0.1, 0.15) is 31.0 Å². The number of rotatable bonds is 6. The highest BCUT2D eigenvalue weighted by molar-refractivity contribution is 5.25. The predicted octanol–water partition coefficient (Wildman–Crippen LogP) is 1.46. The lowest BCUT2D eigenvalue weighted by Gasteiger charge is -2.17. The van der Waals surface area contributed by atoms with E-state index in [0.29, 0.717) is 0 Å². The van der Waals surface area contributed by atoms with E-state index in [1.165, 1.54) is 0 Å². The summed E-state index contributed by atoms with van der Waals surface area (Å²) in [6.07, 6.45) is 0. The molecule has 3 nitrogen and oxygen atoms in total. The smallest absolute Gasteiger partial charge is 0.0681 e. The summed E-state index contributed by atoms with van der Waals surface area (Å²) < 4.78 is 0. The van der Waals surface area contributed by atoms with Crippen molar-refractivity contribution in [1.29, 1.82) is 0 Å². The van der Waals surface area contributed by atoms with Gasteiger partial charge in [-0.15, -0.1) is 0 Å². The average Bonchev–Trinajstić information content (AvgIpc) is 2.35. The van der Waals surface area contributed by atoms with Gasteiger partial charge in [0, 0.05) is 19.2 Å². The monoisotopic (exact) mass is 223 g/mol. The molecule has 0 aliphatic carbocycles. The Balaban J connectivity index is 2.54. The van der Waals surface area contributed by atoms with Gasteiger partial charge in [-0.2, -0.15) is 0 Å². The molecule has 0 aliphatic rings. The summed E-state index contributed by atoms with van der Waals surface area (Å²) in [5.41, 5.74) is 2.10. The highest BCUT2D eigenvalue weighted by Crippen LogP contribution is 2.14. The molecule has 0 saturated carbocycles. The van der Waals surface area contributed by atoms with E-state index in [-0.39, 0.29) is 25.2 Å². The second-order valence-corrected chi connectivity index (χ2v) is 4.32. The number of aliphatic hydroxyl groups excluding tert-OH is 2. The van der Waals surface area contributed by atoms with E-state index in [1.54, 1.807) is 0 Å². The van der Waals surface area contributed by atoms with Crippen LogP contribution < -0.4 is 5.32 Å². The van der Waals surface area contributed by atoms with Crippen molar-refractivity contribution in [1.82, 2.24) is 5.32 Å². The summed E-state index contributed by atoms with van der Waals surface area (Å²) in [5, 5.41) is 21.3. The van der Waals surface area contributed by atoms with E-state index in [1.807, 2.05) is 31.2 Å². The van der Waals surface area contributed by atoms with Gasteiger partial charge in [0.1, 0.15) is 0 Å². The number of aliphatic hydroxyl groups is 2. The zero-order valence-corrected chi connectivity index (χ0v) is 9.98. The van der Waals surface area contributed by atoms with E-state index < -0.39 is 0 Å². The van der Waals surface area contributed by atoms with Crippen LogP contribution in [0.15, 0.2) is 24.3 Å². The van der Waals surface area contributed by atoms with E-state index in [0.717, 1.165) is 17.7 Å². The Bertz CT molecular complexity index is 315. The molecule has 2 atom stereocenters. The summed E-state index contributed by atoms with van der Waals surface area (Å²) in [7, 11) is 0. The van der Waals surface area contributed by atoms with Crippen LogP contribution in [0.2, 0.25) is 0 Å². The molecule has 0 fully saturated rings. The molecule has 0 heterocycles. The van der Waals surface area contributed by atoms with Gasteiger partial charge in [0.25, 0.3) is 0 Å². The van der Waals surface area contributed by atoms with Crippen LogP contribution in [0.25, 0.3) is 0 Å². The molecule has 1 rings (SSSR count). The number of nitrogens with one attached hydrogen (secondary N) is 1. The second-order valence-electron chi connectivity index (χ2n) is 4.32. The third-order valence-electron chi connectivity index (χ3n) is 2.72. The summed E-state index contributed by atoms with van der Waals surface area (Å²) in [5.74, 6) is 0.267. The van der Waals surface area contributed by atoms with E-state index >= 15 is 0 Å². The molecule has 3 heteroatoms. The Hall–Kier alpha value is -0.900. The Labute approximate surface area is 97.1 Å². The largest absolute Gasteiger partial charge is 0.396 e. The molecule has 0 bridgehead atoms. The van der Waals surface area contributed by atoms with Crippen molar-refractivity contribution in [3.8, 4) is 0 Å². The SMILES string of the molecule is CC(CO)CNC(C)c1cccc(CO)c1. The Morgan fingerprint density at radius 2 is 2.00 bits per heavy atom. The van der Waals surface area contributed by atoms with Crippen molar-refractivity contribution in [3.63, 3.8) is 0 Å². The van der Waals surface area contributed by atoms with Crippen molar-refractivity contribution in [3.05, 3.63) is 35.4 Å². The molecule has 0 saturated heterocycles. The molecule has 0 amide bonds. The maximum absolute atomic E-state index is 9.05. The fraction of sp³-hybridized carbons (Fsp3) is 0.538. The number of benzene rings is 1. The lowest BCUT2D eigenvalue weighted by atomic mass is 10.0. The van der Waals surface area contributed by atoms with Crippen LogP contribution in [0, 0.1) is 5.92 Å². The van der Waals surface area contributed by atoms with Gasteiger partial charge < -0.3 is 15.5 Å². The minimum Gasteiger partial charge on any atom is -0.396 e. The average molecular weight is 223 g/mol. The molecule has 1 aromatic carbocycles. The quantitative estimate of drug-likeness (QED) is 0.684. The van der Waals surface area contributed by atoms with Crippen molar-refractivity contribution >= 4 is 0 Å². The summed E-state index contributed by atoms with van der Waals surface area (Å²) in [4.78, 5) is 0. The van der Waals surface area contributed by atoms with Crippen LogP contribution in [0.3, 0.4) is 0 Å². The standard InChI is InChI=1S/C13H21NO2/c1-10(8-15)7-14-11(2)13-5-3-4-12(6-13)9-16/h3-6,10-11,14-16H,7-9H2,1-2H3. The molecule has 0 radical (unpaired) electrons. The molecule has 0 spiro atoms. The first-order valence-electron chi connectivity index (χ1n) is 5.71. The van der Waals surface area contributed by atoms with E-state index in [9.17, 15) is 0 Å². The minimum atomic E-state index is 0.0770. The molecule has 1 aromatic rings. The lowest BCUT2D eigenvalue weighted by Crippen LogP contribution is -2.26. The van der Waals surface area contributed by atoms with Gasteiger partial charge in [0.2, 0.25) is 0 Å². The van der Waals surface area contributed by atoms with Crippen LogP contribution in [-0.2, 0) is 6.61 Å². The summed E-state index contributed by atoms with van der Waals surface area (Å²) in [6, 6.07) is 8.14. The zero-order chi connectivity index (χ0) is 12.0. The molecule has 0 aliphatic heterocycles. The van der Waals surface area contributed by atoms with Crippen molar-refractivity contribution in [2.45, 2.75) is 26.5 Å². The third-order valence-corrected chi connectivity index (χ3v) is 2.72. The Morgan fingerprint density at radius 3 is 2.62 bits per heavy atom. The van der Waals surface area contributed by atoms with E-state index in [2.05, 4.69) is 12.2 Å². The first-order chi connectivity index (χ1) is 7.67. The second kappa shape index (κ2) is 6.63. The topological polar surface area (TPSA) is 52.5 Å². The van der Waals surface area contributed by atoms with Gasteiger partial charge in [-0.1, -0.05) is 31.2 Å². The van der Waals surface area contributed by atoms with Gasteiger partial charge in [-0.05, 0) is 24.0 Å². The fourth-order valence-corrected chi connectivity index (χ4v) is 1.52. The summed E-state index contributed by atoms with van der Waals surface area (Å²) >= 11 is 0. The first kappa shape index (κ1) is 13.2.